The molecule has 9 heteroatoms. The molecule has 4 rings (SSSR count). The molecule has 1 saturated heterocycles. The highest BCUT2D eigenvalue weighted by Gasteiger charge is 2.24. The Balaban J connectivity index is 1.50. The van der Waals surface area contributed by atoms with Gasteiger partial charge in [-0.1, -0.05) is 30.3 Å². The van der Waals surface area contributed by atoms with Crippen molar-refractivity contribution in [1.82, 2.24) is 4.90 Å². The second kappa shape index (κ2) is 10.7. The molecule has 3 aromatic carbocycles. The van der Waals surface area contributed by atoms with E-state index in [0.29, 0.717) is 36.6 Å². The largest absolute Gasteiger partial charge is 0.495 e. The predicted molar refractivity (Wildman–Crippen MR) is 136 cm³/mol. The van der Waals surface area contributed by atoms with Crippen LogP contribution in [0.1, 0.15) is 16.8 Å². The molecule has 0 radical (unpaired) electrons. The van der Waals surface area contributed by atoms with E-state index < -0.39 is 10.0 Å². The Morgan fingerprint density at radius 1 is 0.829 bits per heavy atom. The molecule has 1 aliphatic rings. The molecule has 1 aliphatic heterocycles. The van der Waals surface area contributed by atoms with Crippen LogP contribution in [0, 0.1) is 0 Å². The number of nitrogens with zero attached hydrogens (tertiary/aromatic N) is 2. The van der Waals surface area contributed by atoms with Crippen LogP contribution in [0.5, 0.6) is 11.5 Å². The number of hydrogen-bond acceptors (Lipinski definition) is 6. The van der Waals surface area contributed by atoms with E-state index in [1.165, 1.54) is 19.2 Å². The first-order valence-electron chi connectivity index (χ1n) is 11.4. The van der Waals surface area contributed by atoms with Crippen LogP contribution in [0.2, 0.25) is 0 Å². The highest BCUT2D eigenvalue weighted by atomic mass is 32.2. The molecule has 1 amide bonds. The van der Waals surface area contributed by atoms with Gasteiger partial charge in [0.15, 0.2) is 0 Å². The first-order chi connectivity index (χ1) is 16.9. The molecule has 0 saturated carbocycles. The summed E-state index contributed by atoms with van der Waals surface area (Å²) in [5.74, 6) is 1.02. The standard InChI is InChI=1S/C26H29N3O5S/c1-33-24-13-5-3-11-22(24)27-35(31,32)21-10-7-9-20(19-21)26(30)29-16-8-15-28(17-18-29)23-12-4-6-14-25(23)34-2/h3-7,9-14,19,27H,8,15-18H2,1-2H3. The molecule has 3 aromatic rings. The number of amides is 1. The number of sulfonamides is 1. The van der Waals surface area contributed by atoms with E-state index in [4.69, 9.17) is 9.47 Å². The van der Waals surface area contributed by atoms with E-state index in [9.17, 15) is 13.2 Å². The van der Waals surface area contributed by atoms with Gasteiger partial charge in [0.25, 0.3) is 15.9 Å². The quantitative estimate of drug-likeness (QED) is 0.536. The zero-order valence-corrected chi connectivity index (χ0v) is 20.6. The molecule has 0 spiro atoms. The first-order valence-corrected chi connectivity index (χ1v) is 12.8. The van der Waals surface area contributed by atoms with E-state index in [2.05, 4.69) is 9.62 Å². The zero-order valence-electron chi connectivity index (χ0n) is 19.8. The van der Waals surface area contributed by atoms with Gasteiger partial charge in [0, 0.05) is 31.7 Å². The number of para-hydroxylation sites is 4. The highest BCUT2D eigenvalue weighted by Crippen LogP contribution is 2.29. The maximum Gasteiger partial charge on any atom is 0.262 e. The van der Waals surface area contributed by atoms with Gasteiger partial charge in [-0.3, -0.25) is 9.52 Å². The van der Waals surface area contributed by atoms with Crippen molar-refractivity contribution in [3.05, 3.63) is 78.4 Å². The fraction of sp³-hybridized carbons (Fsp3) is 0.269. The molecule has 1 N–H and O–H groups in total. The summed E-state index contributed by atoms with van der Waals surface area (Å²) < 4.78 is 39.3. The summed E-state index contributed by atoms with van der Waals surface area (Å²) in [4.78, 5) is 17.3. The minimum absolute atomic E-state index is 0.0136. The second-order valence-electron chi connectivity index (χ2n) is 8.14. The molecular weight excluding hydrogens is 466 g/mol. The number of carbonyl (C=O) groups excluding carboxylic acids is 1. The summed E-state index contributed by atoms with van der Waals surface area (Å²) >= 11 is 0. The monoisotopic (exact) mass is 495 g/mol. The second-order valence-corrected chi connectivity index (χ2v) is 9.82. The highest BCUT2D eigenvalue weighted by molar-refractivity contribution is 7.92. The minimum atomic E-state index is -3.92. The Morgan fingerprint density at radius 3 is 2.31 bits per heavy atom. The smallest absolute Gasteiger partial charge is 0.262 e. The SMILES string of the molecule is COc1ccccc1NS(=O)(=O)c1cccc(C(=O)N2CCCN(c3ccccc3OC)CC2)c1. The average molecular weight is 496 g/mol. The molecule has 0 atom stereocenters. The topological polar surface area (TPSA) is 88.2 Å². The fourth-order valence-electron chi connectivity index (χ4n) is 4.16. The lowest BCUT2D eigenvalue weighted by atomic mass is 10.2. The van der Waals surface area contributed by atoms with Gasteiger partial charge in [0.1, 0.15) is 11.5 Å². The number of carbonyl (C=O) groups is 1. The van der Waals surface area contributed by atoms with Gasteiger partial charge in [-0.2, -0.15) is 0 Å². The van der Waals surface area contributed by atoms with Crippen LogP contribution in [0.25, 0.3) is 0 Å². The molecular formula is C26H29N3O5S. The number of ether oxygens (including phenoxy) is 2. The summed E-state index contributed by atoms with van der Waals surface area (Å²) in [6.45, 7) is 2.55. The predicted octanol–water partition coefficient (Wildman–Crippen LogP) is 3.86. The van der Waals surface area contributed by atoms with Crippen LogP contribution in [-0.4, -0.2) is 59.6 Å². The van der Waals surface area contributed by atoms with Crippen molar-refractivity contribution in [2.75, 3.05) is 50.0 Å². The average Bonchev–Trinajstić information content (AvgIpc) is 3.15. The van der Waals surface area contributed by atoms with E-state index in [0.717, 1.165) is 24.4 Å². The van der Waals surface area contributed by atoms with Gasteiger partial charge in [-0.05, 0) is 48.9 Å². The van der Waals surface area contributed by atoms with E-state index in [1.54, 1.807) is 48.4 Å². The summed E-state index contributed by atoms with van der Waals surface area (Å²) in [5, 5.41) is 0. The summed E-state index contributed by atoms with van der Waals surface area (Å²) in [7, 11) is -0.791. The summed E-state index contributed by atoms with van der Waals surface area (Å²) in [5.41, 5.74) is 1.66. The molecule has 184 valence electrons. The van der Waals surface area contributed by atoms with E-state index >= 15 is 0 Å². The Hall–Kier alpha value is -3.72. The van der Waals surface area contributed by atoms with Crippen LogP contribution in [0.15, 0.2) is 77.7 Å². The van der Waals surface area contributed by atoms with Gasteiger partial charge >= 0.3 is 0 Å². The van der Waals surface area contributed by atoms with Crippen LogP contribution < -0.4 is 19.1 Å². The third-order valence-corrected chi connectivity index (χ3v) is 7.31. The van der Waals surface area contributed by atoms with Crippen LogP contribution in [-0.2, 0) is 10.0 Å². The van der Waals surface area contributed by atoms with Gasteiger partial charge in [-0.25, -0.2) is 8.42 Å². The van der Waals surface area contributed by atoms with Crippen molar-refractivity contribution in [3.8, 4) is 11.5 Å². The molecule has 1 heterocycles. The normalized spacial score (nSPS) is 14.2. The van der Waals surface area contributed by atoms with Gasteiger partial charge in [0.2, 0.25) is 0 Å². The van der Waals surface area contributed by atoms with E-state index in [-0.39, 0.29) is 10.8 Å². The molecule has 1 fully saturated rings. The lowest BCUT2D eigenvalue weighted by molar-refractivity contribution is 0.0767. The van der Waals surface area contributed by atoms with Crippen LogP contribution >= 0.6 is 0 Å². The molecule has 0 aromatic heterocycles. The number of hydrogen-bond donors (Lipinski definition) is 1. The van der Waals surface area contributed by atoms with Crippen molar-refractivity contribution in [2.24, 2.45) is 0 Å². The van der Waals surface area contributed by atoms with Crippen molar-refractivity contribution in [2.45, 2.75) is 11.3 Å². The maximum absolute atomic E-state index is 13.3. The molecule has 35 heavy (non-hydrogen) atoms. The van der Waals surface area contributed by atoms with Crippen LogP contribution in [0.3, 0.4) is 0 Å². The Bertz CT molecular complexity index is 1300. The van der Waals surface area contributed by atoms with E-state index in [1.807, 2.05) is 24.3 Å². The number of anilines is 2. The Kier molecular flexibility index (Phi) is 7.45. The summed E-state index contributed by atoms with van der Waals surface area (Å²) in [6.07, 6.45) is 0.789. The number of methoxy groups -OCH3 is 2. The lowest BCUT2D eigenvalue weighted by Gasteiger charge is -2.25. The molecule has 0 unspecified atom stereocenters. The fourth-order valence-corrected chi connectivity index (χ4v) is 5.28. The molecule has 0 aliphatic carbocycles. The lowest BCUT2D eigenvalue weighted by Crippen LogP contribution is -2.35. The van der Waals surface area contributed by atoms with Gasteiger partial charge in [0.05, 0.1) is 30.5 Å². The van der Waals surface area contributed by atoms with Crippen molar-refractivity contribution >= 4 is 27.3 Å². The number of benzene rings is 3. The van der Waals surface area contributed by atoms with Crippen molar-refractivity contribution < 1.29 is 22.7 Å². The maximum atomic E-state index is 13.3. The zero-order chi connectivity index (χ0) is 24.8. The van der Waals surface area contributed by atoms with Gasteiger partial charge in [-0.15, -0.1) is 0 Å². The third kappa shape index (κ3) is 5.51. The van der Waals surface area contributed by atoms with Crippen LogP contribution in [0.4, 0.5) is 11.4 Å². The van der Waals surface area contributed by atoms with Crippen molar-refractivity contribution in [3.63, 3.8) is 0 Å². The summed E-state index contributed by atoms with van der Waals surface area (Å²) in [6, 6.07) is 20.7. The minimum Gasteiger partial charge on any atom is -0.495 e. The Morgan fingerprint density at radius 2 is 1.54 bits per heavy atom. The third-order valence-electron chi connectivity index (χ3n) is 5.95. The van der Waals surface area contributed by atoms with Crippen molar-refractivity contribution in [1.29, 1.82) is 0 Å². The number of rotatable bonds is 7. The molecule has 8 nitrogen and oxygen atoms in total. The number of nitrogens with one attached hydrogen (secondary N) is 1. The first kappa shape index (κ1) is 24.4. The Labute approximate surface area is 206 Å². The van der Waals surface area contributed by atoms with Gasteiger partial charge < -0.3 is 19.3 Å². The molecule has 0 bridgehead atoms.